The van der Waals surface area contributed by atoms with Gasteiger partial charge in [0.05, 0.1) is 0 Å². The zero-order valence-electron chi connectivity index (χ0n) is 9.29. The van der Waals surface area contributed by atoms with Crippen molar-refractivity contribution in [3.63, 3.8) is 0 Å². The Kier molecular flexibility index (Phi) is 4.29. The van der Waals surface area contributed by atoms with Gasteiger partial charge in [0, 0.05) is 23.1 Å². The first-order chi connectivity index (χ1) is 8.29. The molecule has 0 aliphatic carbocycles. The number of hydrogen-bond donors (Lipinski definition) is 1. The van der Waals surface area contributed by atoms with Gasteiger partial charge in [-0.05, 0) is 29.3 Å². The zero-order valence-corrected chi connectivity index (χ0v) is 10.8. The number of hydrogen-bond acceptors (Lipinski definition) is 1. The van der Waals surface area contributed by atoms with Crippen molar-refractivity contribution >= 4 is 28.9 Å². The number of alkyl halides is 1. The molecule has 0 saturated heterocycles. The zero-order chi connectivity index (χ0) is 12.1. The maximum Gasteiger partial charge on any atom is 0.0494 e. The molecule has 0 amide bonds. The Morgan fingerprint density at radius 3 is 2.35 bits per heavy atom. The van der Waals surface area contributed by atoms with Crippen LogP contribution in [0.4, 0.5) is 5.69 Å². The predicted octanol–water partition coefficient (Wildman–Crippen LogP) is 4.69. The van der Waals surface area contributed by atoms with Crippen LogP contribution in [-0.4, -0.2) is 0 Å². The van der Waals surface area contributed by atoms with E-state index < -0.39 is 0 Å². The molecular weight excluding hydrogens is 253 g/mol. The number of benzene rings is 2. The minimum atomic E-state index is 0.518. The Bertz CT molecular complexity index is 480. The largest absolute Gasteiger partial charge is 0.381 e. The van der Waals surface area contributed by atoms with Crippen LogP contribution in [0.25, 0.3) is 0 Å². The summed E-state index contributed by atoms with van der Waals surface area (Å²) in [6.45, 7) is 0.769. The summed E-state index contributed by atoms with van der Waals surface area (Å²) in [5.74, 6) is 0.518. The summed E-state index contributed by atoms with van der Waals surface area (Å²) in [6, 6.07) is 15.9. The second-order valence-corrected chi connectivity index (χ2v) is 4.47. The second-order valence-electron chi connectivity index (χ2n) is 3.77. The fraction of sp³-hybridized carbons (Fsp3) is 0.143. The molecule has 0 heterocycles. The van der Waals surface area contributed by atoms with Crippen LogP contribution in [0.15, 0.2) is 48.5 Å². The maximum atomic E-state index is 5.88. The fourth-order valence-corrected chi connectivity index (χ4v) is 1.97. The van der Waals surface area contributed by atoms with Gasteiger partial charge >= 0.3 is 0 Å². The Hall–Kier alpha value is -1.18. The Labute approximate surface area is 111 Å². The fourth-order valence-electron chi connectivity index (χ4n) is 1.61. The topological polar surface area (TPSA) is 12.0 Å². The molecule has 2 aromatic rings. The molecule has 0 aromatic heterocycles. The first kappa shape index (κ1) is 12.3. The Morgan fingerprint density at radius 1 is 0.941 bits per heavy atom. The van der Waals surface area contributed by atoms with Crippen molar-refractivity contribution in [2.45, 2.75) is 12.4 Å². The number of halogens is 2. The van der Waals surface area contributed by atoms with Gasteiger partial charge in [-0.15, -0.1) is 11.6 Å². The van der Waals surface area contributed by atoms with Gasteiger partial charge in [0.15, 0.2) is 0 Å². The van der Waals surface area contributed by atoms with Crippen molar-refractivity contribution in [2.24, 2.45) is 0 Å². The van der Waals surface area contributed by atoms with Gasteiger partial charge in [0.25, 0.3) is 0 Å². The van der Waals surface area contributed by atoms with E-state index in [0.29, 0.717) is 5.88 Å². The van der Waals surface area contributed by atoms with E-state index in [4.69, 9.17) is 23.2 Å². The van der Waals surface area contributed by atoms with Crippen molar-refractivity contribution in [1.29, 1.82) is 0 Å². The molecule has 2 aromatic carbocycles. The van der Waals surface area contributed by atoms with Crippen molar-refractivity contribution in [1.82, 2.24) is 0 Å². The van der Waals surface area contributed by atoms with Crippen LogP contribution in [0.3, 0.4) is 0 Å². The molecule has 0 aliphatic rings. The van der Waals surface area contributed by atoms with Gasteiger partial charge in [-0.3, -0.25) is 0 Å². The summed E-state index contributed by atoms with van der Waals surface area (Å²) in [7, 11) is 0. The lowest BCUT2D eigenvalue weighted by molar-refractivity contribution is 1.14. The van der Waals surface area contributed by atoms with E-state index in [1.807, 2.05) is 48.5 Å². The molecule has 17 heavy (non-hydrogen) atoms. The summed E-state index contributed by atoms with van der Waals surface area (Å²) in [4.78, 5) is 0. The van der Waals surface area contributed by atoms with E-state index in [-0.39, 0.29) is 0 Å². The average molecular weight is 266 g/mol. The van der Waals surface area contributed by atoms with Crippen LogP contribution < -0.4 is 5.32 Å². The van der Waals surface area contributed by atoms with E-state index in [1.165, 1.54) is 5.56 Å². The standard InChI is InChI=1S/C14H13Cl2N/c15-9-12-3-1-2-4-14(12)17-10-11-5-7-13(16)8-6-11/h1-8,17H,9-10H2. The minimum Gasteiger partial charge on any atom is -0.381 e. The van der Waals surface area contributed by atoms with Crippen LogP contribution >= 0.6 is 23.2 Å². The SMILES string of the molecule is ClCc1ccccc1NCc1ccc(Cl)cc1. The van der Waals surface area contributed by atoms with Crippen LogP contribution in [-0.2, 0) is 12.4 Å². The highest BCUT2D eigenvalue weighted by Gasteiger charge is 1.99. The van der Waals surface area contributed by atoms with Crippen LogP contribution in [0.1, 0.15) is 11.1 Å². The molecule has 0 atom stereocenters. The second kappa shape index (κ2) is 5.95. The van der Waals surface area contributed by atoms with Gasteiger partial charge in [0.2, 0.25) is 0 Å². The molecule has 0 spiro atoms. The van der Waals surface area contributed by atoms with Gasteiger partial charge in [-0.2, -0.15) is 0 Å². The smallest absolute Gasteiger partial charge is 0.0494 e. The van der Waals surface area contributed by atoms with Gasteiger partial charge in [-0.1, -0.05) is 41.9 Å². The lowest BCUT2D eigenvalue weighted by atomic mass is 10.2. The van der Waals surface area contributed by atoms with Crippen molar-refractivity contribution in [3.05, 3.63) is 64.7 Å². The number of rotatable bonds is 4. The molecule has 1 N–H and O–H groups in total. The van der Waals surface area contributed by atoms with Crippen molar-refractivity contribution < 1.29 is 0 Å². The van der Waals surface area contributed by atoms with Crippen LogP contribution in [0, 0.1) is 0 Å². The first-order valence-electron chi connectivity index (χ1n) is 5.42. The van der Waals surface area contributed by atoms with Crippen LogP contribution in [0.2, 0.25) is 5.02 Å². The van der Waals surface area contributed by atoms with Gasteiger partial charge < -0.3 is 5.32 Å². The number of nitrogens with one attached hydrogen (secondary N) is 1. The third-order valence-electron chi connectivity index (χ3n) is 2.56. The molecule has 0 unspecified atom stereocenters. The molecule has 3 heteroatoms. The molecule has 0 fully saturated rings. The summed E-state index contributed by atoms with van der Waals surface area (Å²) >= 11 is 11.7. The summed E-state index contributed by atoms with van der Waals surface area (Å²) in [6.07, 6.45) is 0. The first-order valence-corrected chi connectivity index (χ1v) is 6.33. The third kappa shape index (κ3) is 3.39. The van der Waals surface area contributed by atoms with Crippen molar-refractivity contribution in [3.8, 4) is 0 Å². The maximum absolute atomic E-state index is 5.88. The molecule has 88 valence electrons. The lowest BCUT2D eigenvalue weighted by Crippen LogP contribution is -2.01. The lowest BCUT2D eigenvalue weighted by Gasteiger charge is -2.10. The Morgan fingerprint density at radius 2 is 1.65 bits per heavy atom. The van der Waals surface area contributed by atoms with Gasteiger partial charge in [-0.25, -0.2) is 0 Å². The minimum absolute atomic E-state index is 0.518. The average Bonchev–Trinajstić information content (AvgIpc) is 2.38. The van der Waals surface area contributed by atoms with E-state index in [1.54, 1.807) is 0 Å². The van der Waals surface area contributed by atoms with E-state index in [2.05, 4.69) is 5.32 Å². The van der Waals surface area contributed by atoms with E-state index in [0.717, 1.165) is 22.8 Å². The summed E-state index contributed by atoms with van der Waals surface area (Å²) < 4.78 is 0. The summed E-state index contributed by atoms with van der Waals surface area (Å²) in [5, 5.41) is 4.13. The molecular formula is C14H13Cl2N. The molecule has 0 aliphatic heterocycles. The highest BCUT2D eigenvalue weighted by atomic mass is 35.5. The number of anilines is 1. The van der Waals surface area contributed by atoms with E-state index >= 15 is 0 Å². The molecule has 2 rings (SSSR count). The molecule has 0 radical (unpaired) electrons. The molecule has 1 nitrogen and oxygen atoms in total. The van der Waals surface area contributed by atoms with Gasteiger partial charge in [0.1, 0.15) is 0 Å². The molecule has 0 saturated carbocycles. The van der Waals surface area contributed by atoms with E-state index in [9.17, 15) is 0 Å². The quantitative estimate of drug-likeness (QED) is 0.791. The predicted molar refractivity (Wildman–Crippen MR) is 74.8 cm³/mol. The Balaban J connectivity index is 2.04. The highest BCUT2D eigenvalue weighted by molar-refractivity contribution is 6.30. The highest BCUT2D eigenvalue weighted by Crippen LogP contribution is 2.18. The third-order valence-corrected chi connectivity index (χ3v) is 3.10. The van der Waals surface area contributed by atoms with Crippen molar-refractivity contribution in [2.75, 3.05) is 5.32 Å². The van der Waals surface area contributed by atoms with Crippen LogP contribution in [0.5, 0.6) is 0 Å². The summed E-state index contributed by atoms with van der Waals surface area (Å²) in [5.41, 5.74) is 3.39. The number of para-hydroxylation sites is 1. The molecule has 0 bridgehead atoms. The monoisotopic (exact) mass is 265 g/mol. The normalized spacial score (nSPS) is 10.2.